The third-order valence-corrected chi connectivity index (χ3v) is 4.31. The summed E-state index contributed by atoms with van der Waals surface area (Å²) in [5.74, 6) is -0.215. The van der Waals surface area contributed by atoms with Crippen LogP contribution in [0.3, 0.4) is 0 Å². The Bertz CT molecular complexity index is 473. The molecule has 2 rings (SSSR count). The first kappa shape index (κ1) is 14.5. The van der Waals surface area contributed by atoms with Crippen LogP contribution in [0.2, 0.25) is 0 Å². The summed E-state index contributed by atoms with van der Waals surface area (Å²) in [7, 11) is 2.11. The minimum Gasteiger partial charge on any atom is -0.481 e. The fourth-order valence-electron chi connectivity index (χ4n) is 2.45. The van der Waals surface area contributed by atoms with Crippen LogP contribution in [0.4, 0.5) is 0 Å². The molecule has 0 spiro atoms. The van der Waals surface area contributed by atoms with E-state index in [1.54, 1.807) is 0 Å². The molecule has 1 fully saturated rings. The first-order valence-electron chi connectivity index (χ1n) is 6.42. The molecule has 0 amide bonds. The number of benzene rings is 1. The predicted octanol–water partition coefficient (Wildman–Crippen LogP) is 2.34. The number of nitrogens with zero attached hydrogens (tertiary/aromatic N) is 1. The summed E-state index contributed by atoms with van der Waals surface area (Å²) in [4.78, 5) is 12.8. The van der Waals surface area contributed by atoms with Crippen molar-refractivity contribution in [1.82, 2.24) is 4.90 Å². The minimum atomic E-state index is -0.802. The molecule has 1 aliphatic rings. The molecule has 5 heteroatoms. The fourth-order valence-corrected chi connectivity index (χ4v) is 3.17. The smallest absolute Gasteiger partial charge is 0.303 e. The molecule has 1 aromatic rings. The molecule has 4 nitrogen and oxygen atoms in total. The number of hydrogen-bond acceptors (Lipinski definition) is 3. The van der Waals surface area contributed by atoms with Crippen molar-refractivity contribution in [2.75, 3.05) is 20.1 Å². The van der Waals surface area contributed by atoms with Crippen molar-refractivity contribution >= 4 is 21.9 Å². The van der Waals surface area contributed by atoms with E-state index in [9.17, 15) is 4.79 Å². The zero-order valence-electron chi connectivity index (χ0n) is 11.0. The molecule has 0 saturated carbocycles. The maximum absolute atomic E-state index is 10.6. The third-order valence-electron chi connectivity index (χ3n) is 3.63. The van der Waals surface area contributed by atoms with E-state index in [2.05, 4.69) is 33.9 Å². The molecule has 1 unspecified atom stereocenters. The van der Waals surface area contributed by atoms with Gasteiger partial charge >= 0.3 is 5.97 Å². The molecule has 1 atom stereocenters. The van der Waals surface area contributed by atoms with Gasteiger partial charge in [0.1, 0.15) is 0 Å². The number of nitrogens with two attached hydrogens (primary N) is 1. The molecule has 1 aliphatic heterocycles. The van der Waals surface area contributed by atoms with Gasteiger partial charge in [-0.05, 0) is 30.7 Å². The van der Waals surface area contributed by atoms with E-state index in [1.165, 1.54) is 5.56 Å². The predicted molar refractivity (Wildman–Crippen MR) is 78.2 cm³/mol. The average Bonchev–Trinajstić information content (AvgIpc) is 2.32. The molecule has 1 aromatic carbocycles. The number of carboxylic acids is 1. The van der Waals surface area contributed by atoms with Gasteiger partial charge in [-0.1, -0.05) is 28.1 Å². The van der Waals surface area contributed by atoms with E-state index in [-0.39, 0.29) is 12.5 Å². The SMILES string of the molecule is CN1CC(c2ccc(C(N)CCC(=O)O)cc2Br)C1. The lowest BCUT2D eigenvalue weighted by atomic mass is 9.90. The van der Waals surface area contributed by atoms with Crippen LogP contribution in [0.25, 0.3) is 0 Å². The summed E-state index contributed by atoms with van der Waals surface area (Å²) >= 11 is 3.60. The van der Waals surface area contributed by atoms with Gasteiger partial charge in [0.05, 0.1) is 0 Å². The van der Waals surface area contributed by atoms with Gasteiger partial charge in [-0.25, -0.2) is 0 Å². The summed E-state index contributed by atoms with van der Waals surface area (Å²) in [6.45, 7) is 2.17. The number of carboxylic acid groups (broad SMARTS) is 1. The van der Waals surface area contributed by atoms with Gasteiger partial charge in [-0.15, -0.1) is 0 Å². The molecule has 0 radical (unpaired) electrons. The Balaban J connectivity index is 2.03. The Morgan fingerprint density at radius 1 is 1.58 bits per heavy atom. The summed E-state index contributed by atoms with van der Waals surface area (Å²) in [5, 5.41) is 8.68. The Morgan fingerprint density at radius 3 is 2.79 bits per heavy atom. The summed E-state index contributed by atoms with van der Waals surface area (Å²) in [6, 6.07) is 5.94. The maximum Gasteiger partial charge on any atom is 0.303 e. The quantitative estimate of drug-likeness (QED) is 0.871. The highest BCUT2D eigenvalue weighted by Gasteiger charge is 2.26. The van der Waals surface area contributed by atoms with Crippen LogP contribution in [-0.4, -0.2) is 36.1 Å². The second-order valence-electron chi connectivity index (χ2n) is 5.24. The number of aliphatic carboxylic acids is 1. The zero-order valence-corrected chi connectivity index (χ0v) is 12.6. The van der Waals surface area contributed by atoms with Crippen molar-refractivity contribution in [3.05, 3.63) is 33.8 Å². The summed E-state index contributed by atoms with van der Waals surface area (Å²) in [6.07, 6.45) is 0.571. The molecule has 3 N–H and O–H groups in total. The number of likely N-dealkylation sites (tertiary alicyclic amines) is 1. The molecule has 19 heavy (non-hydrogen) atoms. The molecule has 0 bridgehead atoms. The summed E-state index contributed by atoms with van der Waals surface area (Å²) < 4.78 is 1.08. The van der Waals surface area contributed by atoms with E-state index >= 15 is 0 Å². The first-order valence-corrected chi connectivity index (χ1v) is 7.22. The van der Waals surface area contributed by atoms with Crippen molar-refractivity contribution in [3.8, 4) is 0 Å². The van der Waals surface area contributed by atoms with Gasteiger partial charge in [0, 0.05) is 35.9 Å². The Morgan fingerprint density at radius 2 is 2.26 bits per heavy atom. The Hall–Kier alpha value is -0.910. The van der Waals surface area contributed by atoms with Crippen molar-refractivity contribution in [2.24, 2.45) is 5.73 Å². The third kappa shape index (κ3) is 3.55. The van der Waals surface area contributed by atoms with Gasteiger partial charge in [-0.3, -0.25) is 4.79 Å². The number of hydrogen-bond donors (Lipinski definition) is 2. The molecular weight excluding hydrogens is 308 g/mol. The zero-order chi connectivity index (χ0) is 14.0. The van der Waals surface area contributed by atoms with Crippen molar-refractivity contribution < 1.29 is 9.90 Å². The molecule has 104 valence electrons. The van der Waals surface area contributed by atoms with Gasteiger partial charge in [0.25, 0.3) is 0 Å². The highest BCUT2D eigenvalue weighted by molar-refractivity contribution is 9.10. The van der Waals surface area contributed by atoms with Crippen LogP contribution in [-0.2, 0) is 4.79 Å². The van der Waals surface area contributed by atoms with Crippen molar-refractivity contribution in [3.63, 3.8) is 0 Å². The number of likely N-dealkylation sites (N-methyl/N-ethyl adjacent to an activating group) is 1. The second-order valence-corrected chi connectivity index (χ2v) is 6.09. The molecule has 0 aromatic heterocycles. The van der Waals surface area contributed by atoms with Crippen molar-refractivity contribution in [1.29, 1.82) is 0 Å². The van der Waals surface area contributed by atoms with Crippen LogP contribution in [0, 0.1) is 0 Å². The van der Waals surface area contributed by atoms with E-state index in [4.69, 9.17) is 10.8 Å². The monoisotopic (exact) mass is 326 g/mol. The van der Waals surface area contributed by atoms with Gasteiger partial charge in [0.15, 0.2) is 0 Å². The molecule has 0 aliphatic carbocycles. The van der Waals surface area contributed by atoms with Crippen LogP contribution in [0.5, 0.6) is 0 Å². The topological polar surface area (TPSA) is 66.6 Å². The lowest BCUT2D eigenvalue weighted by molar-refractivity contribution is -0.137. The van der Waals surface area contributed by atoms with Gasteiger partial charge in [-0.2, -0.15) is 0 Å². The van der Waals surface area contributed by atoms with Crippen LogP contribution in [0.15, 0.2) is 22.7 Å². The minimum absolute atomic E-state index is 0.105. The Labute approximate surface area is 121 Å². The molecule has 1 heterocycles. The lowest BCUT2D eigenvalue weighted by Gasteiger charge is -2.37. The van der Waals surface area contributed by atoms with Crippen LogP contribution < -0.4 is 5.73 Å². The second kappa shape index (κ2) is 6.03. The van der Waals surface area contributed by atoms with E-state index in [0.717, 1.165) is 23.1 Å². The molecule has 1 saturated heterocycles. The van der Waals surface area contributed by atoms with E-state index in [1.807, 2.05) is 12.1 Å². The lowest BCUT2D eigenvalue weighted by Crippen LogP contribution is -2.41. The first-order chi connectivity index (χ1) is 8.97. The number of rotatable bonds is 5. The highest BCUT2D eigenvalue weighted by Crippen LogP contribution is 2.33. The fraction of sp³-hybridized carbons (Fsp3) is 0.500. The van der Waals surface area contributed by atoms with Gasteiger partial charge < -0.3 is 15.7 Å². The standard InChI is InChI=1S/C14H19BrN2O2/c1-17-7-10(8-17)11-3-2-9(6-12(11)15)13(16)4-5-14(18)19/h2-3,6,10,13H,4-5,7-8,16H2,1H3,(H,18,19). The number of carbonyl (C=O) groups is 1. The Kier molecular flexibility index (Phi) is 4.60. The van der Waals surface area contributed by atoms with Crippen molar-refractivity contribution in [2.45, 2.75) is 24.8 Å². The largest absolute Gasteiger partial charge is 0.481 e. The maximum atomic E-state index is 10.6. The average molecular weight is 327 g/mol. The molecular formula is C14H19BrN2O2. The van der Waals surface area contributed by atoms with Crippen LogP contribution >= 0.6 is 15.9 Å². The van der Waals surface area contributed by atoms with Crippen LogP contribution in [0.1, 0.15) is 35.9 Å². The van der Waals surface area contributed by atoms with Gasteiger partial charge in [0.2, 0.25) is 0 Å². The van der Waals surface area contributed by atoms with E-state index in [0.29, 0.717) is 12.3 Å². The highest BCUT2D eigenvalue weighted by atomic mass is 79.9. The number of halogens is 1. The normalized spacial score (nSPS) is 18.1. The van der Waals surface area contributed by atoms with E-state index < -0.39 is 5.97 Å². The summed E-state index contributed by atoms with van der Waals surface area (Å²) in [5.41, 5.74) is 8.32.